The molecule has 2 N–H and O–H groups in total. The van der Waals surface area contributed by atoms with Crippen LogP contribution in [0.25, 0.3) is 0 Å². The van der Waals surface area contributed by atoms with Crippen molar-refractivity contribution in [2.75, 3.05) is 6.61 Å². The first-order valence-electron chi connectivity index (χ1n) is 1.48. The van der Waals surface area contributed by atoms with E-state index in [-0.39, 0.29) is 0 Å². The van der Waals surface area contributed by atoms with Crippen molar-refractivity contribution < 1.29 is 15.0 Å². The number of hydrogen-bond acceptors (Lipinski definition) is 3. The molecular formula is C3H5O3. The van der Waals surface area contributed by atoms with Gasteiger partial charge in [-0.15, -0.1) is 0 Å². The lowest BCUT2D eigenvalue weighted by Gasteiger charge is -1.87. The van der Waals surface area contributed by atoms with Crippen LogP contribution in [0, 0.1) is 0 Å². The lowest BCUT2D eigenvalue weighted by atomic mass is 10.4. The SMILES string of the molecule is O=[C]C(O)CO. The Morgan fingerprint density at radius 2 is 2.33 bits per heavy atom. The maximum Gasteiger partial charge on any atom is 0.231 e. The Balaban J connectivity index is 2.96. The molecule has 0 aliphatic heterocycles. The number of hydrogen-bond donors (Lipinski definition) is 2. The van der Waals surface area contributed by atoms with Gasteiger partial charge in [0.15, 0.2) is 0 Å². The van der Waals surface area contributed by atoms with Crippen molar-refractivity contribution in [2.24, 2.45) is 0 Å². The van der Waals surface area contributed by atoms with Gasteiger partial charge in [-0.2, -0.15) is 0 Å². The highest BCUT2D eigenvalue weighted by Gasteiger charge is 1.94. The molecule has 0 heterocycles. The van der Waals surface area contributed by atoms with Gasteiger partial charge in [-0.05, 0) is 0 Å². The summed E-state index contributed by atoms with van der Waals surface area (Å²) in [5.74, 6) is 0. The third kappa shape index (κ3) is 1.87. The first kappa shape index (κ1) is 5.59. The standard InChI is InChI=1S/C3H5O3/c4-1-3(6)2-5/h3-4,6H,1H2. The summed E-state index contributed by atoms with van der Waals surface area (Å²) in [5, 5.41) is 15.8. The lowest BCUT2D eigenvalue weighted by Crippen LogP contribution is -2.11. The molecule has 0 saturated carbocycles. The van der Waals surface area contributed by atoms with E-state index in [0.717, 1.165) is 0 Å². The van der Waals surface area contributed by atoms with Crippen LogP contribution < -0.4 is 0 Å². The summed E-state index contributed by atoms with van der Waals surface area (Å²) in [5.41, 5.74) is 0. The highest BCUT2D eigenvalue weighted by molar-refractivity contribution is 5.56. The highest BCUT2D eigenvalue weighted by atomic mass is 16.3. The summed E-state index contributed by atoms with van der Waals surface area (Å²) in [4.78, 5) is 9.20. The molecule has 3 nitrogen and oxygen atoms in total. The largest absolute Gasteiger partial charge is 0.393 e. The first-order valence-corrected chi connectivity index (χ1v) is 1.48. The third-order valence-electron chi connectivity index (χ3n) is 0.309. The Kier molecular flexibility index (Phi) is 2.62. The van der Waals surface area contributed by atoms with Crippen molar-refractivity contribution in [3.63, 3.8) is 0 Å². The van der Waals surface area contributed by atoms with Crippen molar-refractivity contribution in [3.8, 4) is 0 Å². The fourth-order valence-corrected chi connectivity index (χ4v) is 0.0373. The van der Waals surface area contributed by atoms with E-state index in [1.54, 1.807) is 0 Å². The smallest absolute Gasteiger partial charge is 0.231 e. The molecule has 0 aliphatic carbocycles. The molecule has 6 heavy (non-hydrogen) atoms. The number of carbonyl (C=O) groups excluding carboxylic acids is 1. The topological polar surface area (TPSA) is 57.5 Å². The second kappa shape index (κ2) is 2.81. The maximum atomic E-state index is 9.20. The van der Waals surface area contributed by atoms with E-state index in [0.29, 0.717) is 0 Å². The summed E-state index contributed by atoms with van der Waals surface area (Å²) in [7, 11) is 0. The van der Waals surface area contributed by atoms with Crippen LogP contribution in [0.2, 0.25) is 0 Å². The molecule has 0 fully saturated rings. The monoisotopic (exact) mass is 89.0 g/mol. The predicted octanol–water partition coefficient (Wildman–Crippen LogP) is -1.55. The van der Waals surface area contributed by atoms with Gasteiger partial charge in [0.05, 0.1) is 6.61 Å². The average molecular weight is 89.1 g/mol. The summed E-state index contributed by atoms with van der Waals surface area (Å²) >= 11 is 0. The molecule has 0 aromatic carbocycles. The van der Waals surface area contributed by atoms with Crippen molar-refractivity contribution in [2.45, 2.75) is 6.10 Å². The van der Waals surface area contributed by atoms with Crippen LogP contribution in [0.3, 0.4) is 0 Å². The number of aliphatic hydroxyl groups excluding tert-OH is 2. The van der Waals surface area contributed by atoms with Gasteiger partial charge in [0.25, 0.3) is 0 Å². The van der Waals surface area contributed by atoms with Crippen molar-refractivity contribution in [1.82, 2.24) is 0 Å². The molecule has 0 aliphatic rings. The average Bonchev–Trinajstić information content (AvgIpc) is 1.65. The fraction of sp³-hybridized carbons (Fsp3) is 0.667. The number of aliphatic hydroxyl groups is 2. The van der Waals surface area contributed by atoms with Crippen LogP contribution in [0.4, 0.5) is 0 Å². The highest BCUT2D eigenvalue weighted by Crippen LogP contribution is 1.66. The fourth-order valence-electron chi connectivity index (χ4n) is 0.0373. The third-order valence-corrected chi connectivity index (χ3v) is 0.309. The second-order valence-electron chi connectivity index (χ2n) is 0.816. The van der Waals surface area contributed by atoms with E-state index >= 15 is 0 Å². The molecule has 0 saturated heterocycles. The van der Waals surface area contributed by atoms with Crippen LogP contribution in [0.15, 0.2) is 0 Å². The zero-order valence-electron chi connectivity index (χ0n) is 3.09. The van der Waals surface area contributed by atoms with Gasteiger partial charge >= 0.3 is 0 Å². The zero-order chi connectivity index (χ0) is 4.99. The molecule has 1 atom stereocenters. The minimum absolute atomic E-state index is 0.538. The van der Waals surface area contributed by atoms with Gasteiger partial charge in [-0.3, -0.25) is 4.79 Å². The Bertz CT molecular complexity index is 43.3. The summed E-state index contributed by atoms with van der Waals surface area (Å²) in [6.07, 6.45) is -0.145. The molecule has 35 valence electrons. The Hall–Kier alpha value is -0.410. The quantitative estimate of drug-likeness (QED) is 0.430. The van der Waals surface area contributed by atoms with E-state index in [4.69, 9.17) is 10.2 Å². The van der Waals surface area contributed by atoms with Gasteiger partial charge < -0.3 is 10.2 Å². The summed E-state index contributed by atoms with van der Waals surface area (Å²) in [6.45, 7) is -0.538. The molecule has 0 aromatic heterocycles. The molecule has 0 amide bonds. The van der Waals surface area contributed by atoms with E-state index in [2.05, 4.69) is 0 Å². The van der Waals surface area contributed by atoms with Crippen molar-refractivity contribution in [1.29, 1.82) is 0 Å². The summed E-state index contributed by atoms with van der Waals surface area (Å²) in [6, 6.07) is 0. The first-order chi connectivity index (χ1) is 2.81. The van der Waals surface area contributed by atoms with Gasteiger partial charge in [-0.1, -0.05) is 0 Å². The molecule has 3 heteroatoms. The van der Waals surface area contributed by atoms with Crippen molar-refractivity contribution >= 4 is 6.29 Å². The van der Waals surface area contributed by atoms with Gasteiger partial charge in [-0.25, -0.2) is 0 Å². The molecular weight excluding hydrogens is 84.0 g/mol. The van der Waals surface area contributed by atoms with Gasteiger partial charge in [0.2, 0.25) is 6.29 Å². The van der Waals surface area contributed by atoms with Gasteiger partial charge in [0, 0.05) is 0 Å². The Morgan fingerprint density at radius 1 is 1.83 bits per heavy atom. The molecule has 1 radical (unpaired) electrons. The van der Waals surface area contributed by atoms with E-state index in [1.807, 2.05) is 0 Å². The zero-order valence-corrected chi connectivity index (χ0v) is 3.09. The molecule has 0 bridgehead atoms. The van der Waals surface area contributed by atoms with E-state index < -0.39 is 12.7 Å². The second-order valence-corrected chi connectivity index (χ2v) is 0.816. The number of rotatable bonds is 2. The minimum Gasteiger partial charge on any atom is -0.393 e. The van der Waals surface area contributed by atoms with E-state index in [1.165, 1.54) is 6.29 Å². The van der Waals surface area contributed by atoms with Crippen molar-refractivity contribution in [3.05, 3.63) is 0 Å². The predicted molar refractivity (Wildman–Crippen MR) is 18.8 cm³/mol. The minimum atomic E-state index is -1.31. The molecule has 0 spiro atoms. The van der Waals surface area contributed by atoms with Crippen LogP contribution in [0.1, 0.15) is 0 Å². The maximum absolute atomic E-state index is 9.20. The van der Waals surface area contributed by atoms with Gasteiger partial charge in [0.1, 0.15) is 6.10 Å². The lowest BCUT2D eigenvalue weighted by molar-refractivity contribution is 0.141. The molecule has 0 aromatic rings. The van der Waals surface area contributed by atoms with Crippen LogP contribution in [0.5, 0.6) is 0 Å². The molecule has 1 unspecified atom stereocenters. The van der Waals surface area contributed by atoms with Crippen LogP contribution >= 0.6 is 0 Å². The Labute approximate surface area is 35.2 Å². The molecule has 0 rings (SSSR count). The van der Waals surface area contributed by atoms with Crippen LogP contribution in [-0.4, -0.2) is 29.2 Å². The van der Waals surface area contributed by atoms with E-state index in [9.17, 15) is 4.79 Å². The normalized spacial score (nSPS) is 13.7. The summed E-state index contributed by atoms with van der Waals surface area (Å²) < 4.78 is 0. The Morgan fingerprint density at radius 3 is 2.33 bits per heavy atom. The van der Waals surface area contributed by atoms with Crippen LogP contribution in [-0.2, 0) is 4.79 Å².